The van der Waals surface area contributed by atoms with Gasteiger partial charge in [0, 0.05) is 6.61 Å². The van der Waals surface area contributed by atoms with Crippen LogP contribution in [0.2, 0.25) is 0 Å². The minimum Gasteiger partial charge on any atom is -0.392 e. The summed E-state index contributed by atoms with van der Waals surface area (Å²) in [5.74, 6) is 0.00741. The molecule has 4 nitrogen and oxygen atoms in total. The van der Waals surface area contributed by atoms with Gasteiger partial charge in [0.15, 0.2) is 0 Å². The molecular formula is C11H18N2O2S. The number of rotatable bonds is 3. The molecule has 0 aromatic rings. The first-order chi connectivity index (χ1) is 7.65. The van der Waals surface area contributed by atoms with Crippen molar-refractivity contribution in [3.63, 3.8) is 0 Å². The van der Waals surface area contributed by atoms with E-state index in [1.807, 2.05) is 0 Å². The number of carbonyl (C=O) groups excluding carboxylic acids is 1. The minimum absolute atomic E-state index is 0.00741. The minimum atomic E-state index is -0.585. The van der Waals surface area contributed by atoms with Crippen LogP contribution < -0.4 is 11.1 Å². The van der Waals surface area contributed by atoms with E-state index in [9.17, 15) is 4.79 Å². The van der Waals surface area contributed by atoms with E-state index in [0.717, 1.165) is 38.7 Å². The Morgan fingerprint density at radius 3 is 2.62 bits per heavy atom. The molecule has 0 aromatic heterocycles. The van der Waals surface area contributed by atoms with Crippen molar-refractivity contribution in [2.45, 2.75) is 38.1 Å². The second kappa shape index (κ2) is 4.67. The molecule has 0 spiro atoms. The summed E-state index contributed by atoms with van der Waals surface area (Å²) in [6.45, 7) is 1.34. The highest BCUT2D eigenvalue weighted by Gasteiger charge is 2.44. The number of hydrogen-bond donors (Lipinski definition) is 2. The molecule has 1 amide bonds. The van der Waals surface area contributed by atoms with E-state index in [1.54, 1.807) is 0 Å². The summed E-state index contributed by atoms with van der Waals surface area (Å²) >= 11 is 5.07. The highest BCUT2D eigenvalue weighted by Crippen LogP contribution is 2.38. The Morgan fingerprint density at radius 2 is 2.12 bits per heavy atom. The zero-order chi connectivity index (χ0) is 11.6. The average Bonchev–Trinajstić information content (AvgIpc) is 2.87. The van der Waals surface area contributed by atoms with Crippen LogP contribution in [0, 0.1) is 5.41 Å². The van der Waals surface area contributed by atoms with Crippen LogP contribution in [0.1, 0.15) is 32.1 Å². The van der Waals surface area contributed by atoms with Crippen molar-refractivity contribution >= 4 is 23.1 Å². The molecule has 1 saturated carbocycles. The van der Waals surface area contributed by atoms with Crippen LogP contribution >= 0.6 is 12.2 Å². The Balaban J connectivity index is 2.02. The van der Waals surface area contributed by atoms with Gasteiger partial charge in [-0.25, -0.2) is 0 Å². The lowest BCUT2D eigenvalue weighted by Crippen LogP contribution is -2.50. The van der Waals surface area contributed by atoms with Gasteiger partial charge in [-0.3, -0.25) is 4.79 Å². The summed E-state index contributed by atoms with van der Waals surface area (Å²) in [7, 11) is 0. The lowest BCUT2D eigenvalue weighted by molar-refractivity contribution is -0.128. The molecular weight excluding hydrogens is 224 g/mol. The van der Waals surface area contributed by atoms with E-state index < -0.39 is 5.41 Å². The van der Waals surface area contributed by atoms with Crippen molar-refractivity contribution < 1.29 is 9.53 Å². The number of carbonyl (C=O) groups is 1. The fourth-order valence-electron chi connectivity index (χ4n) is 2.54. The first-order valence-electron chi connectivity index (χ1n) is 5.84. The van der Waals surface area contributed by atoms with Crippen LogP contribution in [0.4, 0.5) is 0 Å². The van der Waals surface area contributed by atoms with Gasteiger partial charge >= 0.3 is 0 Å². The number of nitrogens with two attached hydrogens (primary N) is 1. The van der Waals surface area contributed by atoms with Crippen LogP contribution in [0.3, 0.4) is 0 Å². The smallest absolute Gasteiger partial charge is 0.233 e. The highest BCUT2D eigenvalue weighted by molar-refractivity contribution is 7.80. The van der Waals surface area contributed by atoms with E-state index in [2.05, 4.69) is 5.32 Å². The van der Waals surface area contributed by atoms with Gasteiger partial charge in [-0.2, -0.15) is 0 Å². The molecule has 3 N–H and O–H groups in total. The monoisotopic (exact) mass is 242 g/mol. The molecule has 1 saturated heterocycles. The van der Waals surface area contributed by atoms with Gasteiger partial charge in [0.25, 0.3) is 0 Å². The first-order valence-corrected chi connectivity index (χ1v) is 6.24. The SMILES string of the molecule is NC(=S)C1(C(=O)NC2CCOC2)CCCC1. The van der Waals surface area contributed by atoms with Crippen molar-refractivity contribution in [2.24, 2.45) is 11.1 Å². The number of hydrogen-bond acceptors (Lipinski definition) is 3. The fourth-order valence-corrected chi connectivity index (χ4v) is 2.83. The van der Waals surface area contributed by atoms with Gasteiger partial charge in [0.2, 0.25) is 5.91 Å². The second-order valence-electron chi connectivity index (χ2n) is 4.69. The number of amides is 1. The molecule has 2 aliphatic rings. The number of ether oxygens (including phenoxy) is 1. The molecule has 2 rings (SSSR count). The van der Waals surface area contributed by atoms with Crippen LogP contribution in [-0.2, 0) is 9.53 Å². The average molecular weight is 242 g/mol. The largest absolute Gasteiger partial charge is 0.392 e. The second-order valence-corrected chi connectivity index (χ2v) is 5.13. The predicted octanol–water partition coefficient (Wildman–Crippen LogP) is 0.738. The van der Waals surface area contributed by atoms with E-state index in [0.29, 0.717) is 11.6 Å². The Kier molecular flexibility index (Phi) is 3.44. The molecule has 5 heteroatoms. The van der Waals surface area contributed by atoms with Gasteiger partial charge in [0.1, 0.15) is 0 Å². The standard InChI is InChI=1S/C11H18N2O2S/c12-9(16)11(4-1-2-5-11)10(14)13-8-3-6-15-7-8/h8H,1-7H2,(H2,12,16)(H,13,14). The summed E-state index contributed by atoms with van der Waals surface area (Å²) in [6, 6.07) is 0.138. The molecule has 0 radical (unpaired) electrons. The summed E-state index contributed by atoms with van der Waals surface area (Å²) in [5.41, 5.74) is 5.16. The van der Waals surface area contributed by atoms with Gasteiger partial charge < -0.3 is 15.8 Å². The van der Waals surface area contributed by atoms with Crippen molar-refractivity contribution in [2.75, 3.05) is 13.2 Å². The highest BCUT2D eigenvalue weighted by atomic mass is 32.1. The molecule has 2 fully saturated rings. The van der Waals surface area contributed by atoms with Crippen LogP contribution in [0.25, 0.3) is 0 Å². The molecule has 1 aliphatic carbocycles. The summed E-state index contributed by atoms with van der Waals surface area (Å²) < 4.78 is 5.24. The van der Waals surface area contributed by atoms with Gasteiger partial charge in [-0.1, -0.05) is 25.1 Å². The molecule has 1 heterocycles. The van der Waals surface area contributed by atoms with Crippen LogP contribution in [0.5, 0.6) is 0 Å². The summed E-state index contributed by atoms with van der Waals surface area (Å²) in [4.78, 5) is 12.6. The van der Waals surface area contributed by atoms with Crippen LogP contribution in [0.15, 0.2) is 0 Å². The molecule has 1 aliphatic heterocycles. The van der Waals surface area contributed by atoms with Crippen LogP contribution in [-0.4, -0.2) is 30.2 Å². The zero-order valence-corrected chi connectivity index (χ0v) is 10.1. The lowest BCUT2D eigenvalue weighted by Gasteiger charge is -2.27. The quantitative estimate of drug-likeness (QED) is 0.716. The molecule has 16 heavy (non-hydrogen) atoms. The molecule has 90 valence electrons. The van der Waals surface area contributed by atoms with Crippen molar-refractivity contribution in [3.8, 4) is 0 Å². The van der Waals surface area contributed by atoms with Gasteiger partial charge in [-0.05, 0) is 19.3 Å². The van der Waals surface area contributed by atoms with E-state index in [1.165, 1.54) is 0 Å². The van der Waals surface area contributed by atoms with Crippen molar-refractivity contribution in [1.82, 2.24) is 5.32 Å². The van der Waals surface area contributed by atoms with Gasteiger partial charge in [0.05, 0.1) is 23.1 Å². The molecule has 1 unspecified atom stereocenters. The Morgan fingerprint density at radius 1 is 1.44 bits per heavy atom. The summed E-state index contributed by atoms with van der Waals surface area (Å²) in [6.07, 6.45) is 4.54. The molecule has 0 bridgehead atoms. The topological polar surface area (TPSA) is 64.4 Å². The van der Waals surface area contributed by atoms with Crippen molar-refractivity contribution in [3.05, 3.63) is 0 Å². The lowest BCUT2D eigenvalue weighted by atomic mass is 9.85. The number of thiocarbonyl (C=S) groups is 1. The maximum Gasteiger partial charge on any atom is 0.233 e. The first kappa shape index (κ1) is 11.8. The third-order valence-corrected chi connectivity index (χ3v) is 4.02. The maximum atomic E-state index is 12.2. The summed E-state index contributed by atoms with van der Waals surface area (Å²) in [5, 5.41) is 3.01. The molecule has 1 atom stereocenters. The Labute approximate surface area is 101 Å². The third kappa shape index (κ3) is 2.06. The van der Waals surface area contributed by atoms with E-state index in [-0.39, 0.29) is 11.9 Å². The number of nitrogens with one attached hydrogen (secondary N) is 1. The maximum absolute atomic E-state index is 12.2. The normalized spacial score (nSPS) is 27.9. The van der Waals surface area contributed by atoms with Crippen molar-refractivity contribution in [1.29, 1.82) is 0 Å². The fraction of sp³-hybridized carbons (Fsp3) is 0.818. The Bertz CT molecular complexity index is 294. The van der Waals surface area contributed by atoms with E-state index in [4.69, 9.17) is 22.7 Å². The Hall–Kier alpha value is -0.680. The third-order valence-electron chi connectivity index (χ3n) is 3.63. The predicted molar refractivity (Wildman–Crippen MR) is 65.1 cm³/mol. The molecule has 0 aromatic carbocycles. The van der Waals surface area contributed by atoms with E-state index >= 15 is 0 Å². The van der Waals surface area contributed by atoms with Gasteiger partial charge in [-0.15, -0.1) is 0 Å². The zero-order valence-electron chi connectivity index (χ0n) is 9.33.